The third-order valence-corrected chi connectivity index (χ3v) is 6.96. The Morgan fingerprint density at radius 2 is 1.84 bits per heavy atom. The maximum Gasteiger partial charge on any atom is 0.223 e. The molecule has 1 heterocycles. The highest BCUT2D eigenvalue weighted by Gasteiger charge is 2.54. The average Bonchev–Trinajstić information content (AvgIpc) is 2.59. The van der Waals surface area contributed by atoms with Crippen molar-refractivity contribution in [2.75, 3.05) is 20.2 Å². The van der Waals surface area contributed by atoms with Gasteiger partial charge in [0.25, 0.3) is 0 Å². The monoisotopic (exact) mass is 343 g/mol. The highest BCUT2D eigenvalue weighted by molar-refractivity contribution is 5.79. The molecule has 1 aromatic rings. The third kappa shape index (κ3) is 2.89. The first-order valence-electron chi connectivity index (χ1n) is 9.67. The van der Waals surface area contributed by atoms with E-state index in [0.29, 0.717) is 37.5 Å². The number of aliphatic hydroxyl groups is 1. The molecule has 1 aromatic carbocycles. The summed E-state index contributed by atoms with van der Waals surface area (Å²) in [7, 11) is 1.82. The van der Waals surface area contributed by atoms with E-state index in [4.69, 9.17) is 4.74 Å². The first kappa shape index (κ1) is 17.0. The fraction of sp³-hybridized carbons (Fsp3) is 0.667. The molecule has 2 bridgehead atoms. The van der Waals surface area contributed by atoms with Crippen LogP contribution in [-0.2, 0) is 14.9 Å². The Hall–Kier alpha value is -1.39. The summed E-state index contributed by atoms with van der Waals surface area (Å²) in [6, 6.07) is 10.7. The van der Waals surface area contributed by atoms with Gasteiger partial charge in [0, 0.05) is 32.0 Å². The Bertz CT molecular complexity index is 597. The van der Waals surface area contributed by atoms with Gasteiger partial charge in [-0.05, 0) is 43.1 Å². The summed E-state index contributed by atoms with van der Waals surface area (Å²) in [4.78, 5) is 14.8. The van der Waals surface area contributed by atoms with E-state index in [-0.39, 0.29) is 17.4 Å². The van der Waals surface area contributed by atoms with Gasteiger partial charge < -0.3 is 14.7 Å². The predicted molar refractivity (Wildman–Crippen MR) is 96.2 cm³/mol. The molecule has 25 heavy (non-hydrogen) atoms. The number of rotatable bonds is 4. The van der Waals surface area contributed by atoms with E-state index in [1.807, 2.05) is 12.0 Å². The highest BCUT2D eigenvalue weighted by atomic mass is 16.5. The second-order valence-electron chi connectivity index (χ2n) is 8.19. The molecule has 3 fully saturated rings. The lowest BCUT2D eigenvalue weighted by molar-refractivity contribution is -0.146. The van der Waals surface area contributed by atoms with Crippen molar-refractivity contribution in [2.24, 2.45) is 11.8 Å². The molecule has 2 aliphatic carbocycles. The molecule has 1 N–H and O–H groups in total. The molecule has 4 rings (SSSR count). The summed E-state index contributed by atoms with van der Waals surface area (Å²) in [6.45, 7) is 0.999. The van der Waals surface area contributed by atoms with E-state index in [9.17, 15) is 9.90 Å². The van der Waals surface area contributed by atoms with Gasteiger partial charge in [0.05, 0.1) is 12.2 Å². The van der Waals surface area contributed by atoms with Crippen molar-refractivity contribution in [1.29, 1.82) is 0 Å². The second kappa shape index (κ2) is 6.73. The van der Waals surface area contributed by atoms with Crippen molar-refractivity contribution in [3.05, 3.63) is 35.9 Å². The van der Waals surface area contributed by atoms with E-state index in [1.165, 1.54) is 24.8 Å². The molecule has 0 aromatic heterocycles. The molecule has 1 aliphatic heterocycles. The van der Waals surface area contributed by atoms with Gasteiger partial charge in [-0.15, -0.1) is 0 Å². The normalized spacial score (nSPS) is 35.3. The summed E-state index contributed by atoms with van der Waals surface area (Å²) in [5.74, 6) is 1.21. The Kier molecular flexibility index (Phi) is 4.59. The van der Waals surface area contributed by atoms with E-state index >= 15 is 0 Å². The smallest absolute Gasteiger partial charge is 0.223 e. The van der Waals surface area contributed by atoms with Crippen LogP contribution in [0.25, 0.3) is 0 Å². The molecule has 4 heteroatoms. The largest absolute Gasteiger partial charge is 0.389 e. The molecular weight excluding hydrogens is 314 g/mol. The summed E-state index contributed by atoms with van der Waals surface area (Å²) in [5.41, 5.74) is 1.26. The molecule has 3 aliphatic rings. The van der Waals surface area contributed by atoms with Crippen molar-refractivity contribution in [1.82, 2.24) is 4.90 Å². The molecule has 0 radical (unpaired) electrons. The zero-order valence-corrected chi connectivity index (χ0v) is 15.1. The van der Waals surface area contributed by atoms with Gasteiger partial charge in [-0.2, -0.15) is 0 Å². The molecule has 4 nitrogen and oxygen atoms in total. The van der Waals surface area contributed by atoms with Crippen LogP contribution in [0.2, 0.25) is 0 Å². The van der Waals surface area contributed by atoms with Crippen LogP contribution in [0.5, 0.6) is 0 Å². The van der Waals surface area contributed by atoms with E-state index in [0.717, 1.165) is 12.8 Å². The first-order valence-corrected chi connectivity index (χ1v) is 9.67. The van der Waals surface area contributed by atoms with Crippen molar-refractivity contribution in [3.8, 4) is 0 Å². The van der Waals surface area contributed by atoms with Gasteiger partial charge >= 0.3 is 0 Å². The predicted octanol–water partition coefficient (Wildman–Crippen LogP) is 2.74. The number of amides is 1. The molecular formula is C21H29NO3. The van der Waals surface area contributed by atoms with Gasteiger partial charge in [-0.1, -0.05) is 36.8 Å². The topological polar surface area (TPSA) is 49.8 Å². The Balaban J connectivity index is 1.68. The second-order valence-corrected chi connectivity index (χ2v) is 8.19. The van der Waals surface area contributed by atoms with Crippen LogP contribution < -0.4 is 0 Å². The zero-order valence-electron chi connectivity index (χ0n) is 15.1. The molecule has 4 atom stereocenters. The lowest BCUT2D eigenvalue weighted by Gasteiger charge is -2.56. The fourth-order valence-corrected chi connectivity index (χ4v) is 5.67. The van der Waals surface area contributed by atoms with Crippen LogP contribution in [0, 0.1) is 11.8 Å². The Labute approximate surface area is 150 Å². The number of β-amino-alcohol motifs (C(OH)–C–C–N with tert-alkyl or cyclic N) is 1. The highest BCUT2D eigenvalue weighted by Crippen LogP contribution is 2.57. The number of hydrogen-bond donors (Lipinski definition) is 1. The van der Waals surface area contributed by atoms with Crippen LogP contribution in [0.1, 0.15) is 44.1 Å². The van der Waals surface area contributed by atoms with Crippen LogP contribution in [0.15, 0.2) is 30.3 Å². The van der Waals surface area contributed by atoms with Crippen molar-refractivity contribution >= 4 is 5.91 Å². The number of ether oxygens (including phenoxy) is 1. The zero-order chi connectivity index (χ0) is 17.4. The number of likely N-dealkylation sites (tertiary alicyclic amines) is 1. The number of hydrogen-bond acceptors (Lipinski definition) is 3. The molecule has 2 saturated carbocycles. The van der Waals surface area contributed by atoms with Crippen molar-refractivity contribution < 1.29 is 14.6 Å². The van der Waals surface area contributed by atoms with Crippen LogP contribution in [-0.4, -0.2) is 48.3 Å². The third-order valence-electron chi connectivity index (χ3n) is 6.96. The Morgan fingerprint density at radius 3 is 2.40 bits per heavy atom. The molecule has 2 unspecified atom stereocenters. The van der Waals surface area contributed by atoms with Crippen LogP contribution >= 0.6 is 0 Å². The van der Waals surface area contributed by atoms with Gasteiger partial charge in [-0.3, -0.25) is 4.79 Å². The van der Waals surface area contributed by atoms with Gasteiger partial charge in [-0.25, -0.2) is 0 Å². The maximum atomic E-state index is 13.0. The summed E-state index contributed by atoms with van der Waals surface area (Å²) in [6.07, 6.45) is 6.30. The maximum absolute atomic E-state index is 13.0. The summed E-state index contributed by atoms with van der Waals surface area (Å²) in [5, 5.41) is 9.57. The standard InChI is InChI=1S/C21H29NO3/c1-25-19-10-16-8-5-9-17(11-19)21(16,15-6-3-2-4-7-15)12-20(24)22-13-18(23)14-22/h2-4,6-7,16-19,23H,5,8-14H2,1H3/t16-,17+,19?,21?. The number of carbonyl (C=O) groups excluding carboxylic acids is 1. The summed E-state index contributed by atoms with van der Waals surface area (Å²) >= 11 is 0. The summed E-state index contributed by atoms with van der Waals surface area (Å²) < 4.78 is 5.73. The van der Waals surface area contributed by atoms with Crippen molar-refractivity contribution in [2.45, 2.75) is 56.1 Å². The fourth-order valence-electron chi connectivity index (χ4n) is 5.67. The number of aliphatic hydroxyl groups excluding tert-OH is 1. The molecule has 0 spiro atoms. The van der Waals surface area contributed by atoms with Gasteiger partial charge in [0.1, 0.15) is 0 Å². The first-order chi connectivity index (χ1) is 12.1. The lowest BCUT2D eigenvalue weighted by atomic mass is 9.50. The van der Waals surface area contributed by atoms with Crippen LogP contribution in [0.3, 0.4) is 0 Å². The number of carbonyl (C=O) groups is 1. The van der Waals surface area contributed by atoms with E-state index < -0.39 is 0 Å². The van der Waals surface area contributed by atoms with E-state index in [2.05, 4.69) is 30.3 Å². The Morgan fingerprint density at radius 1 is 1.20 bits per heavy atom. The average molecular weight is 343 g/mol. The molecule has 1 saturated heterocycles. The number of nitrogens with zero attached hydrogens (tertiary/aromatic N) is 1. The number of fused-ring (bicyclic) bond motifs is 2. The molecule has 1 amide bonds. The van der Waals surface area contributed by atoms with Gasteiger partial charge in [0.15, 0.2) is 0 Å². The van der Waals surface area contributed by atoms with Gasteiger partial charge in [0.2, 0.25) is 5.91 Å². The number of benzene rings is 1. The van der Waals surface area contributed by atoms with E-state index in [1.54, 1.807) is 0 Å². The minimum atomic E-state index is -0.333. The van der Waals surface area contributed by atoms with Crippen molar-refractivity contribution in [3.63, 3.8) is 0 Å². The minimum absolute atomic E-state index is 0.0633. The lowest BCUT2D eigenvalue weighted by Crippen LogP contribution is -2.58. The number of methoxy groups -OCH3 is 1. The van der Waals surface area contributed by atoms with Crippen LogP contribution in [0.4, 0.5) is 0 Å². The minimum Gasteiger partial charge on any atom is -0.389 e. The molecule has 136 valence electrons. The SMILES string of the molecule is COC1C[C@H]2CCC[C@@H](C1)C2(CC(=O)N1CC(O)C1)c1ccccc1. The quantitative estimate of drug-likeness (QED) is 0.914.